The van der Waals surface area contributed by atoms with Crippen LogP contribution in [0.1, 0.15) is 69.8 Å². The number of likely N-dealkylation sites (N-methyl/N-ethyl adjacent to an activating group) is 1. The van der Waals surface area contributed by atoms with Crippen molar-refractivity contribution in [1.82, 2.24) is 10.2 Å². The van der Waals surface area contributed by atoms with Crippen LogP contribution in [0.15, 0.2) is 24.3 Å². The number of amides is 2. The molecule has 1 aromatic carbocycles. The summed E-state index contributed by atoms with van der Waals surface area (Å²) < 4.78 is 0. The van der Waals surface area contributed by atoms with Gasteiger partial charge < -0.3 is 10.2 Å². The molecule has 0 heterocycles. The maximum atomic E-state index is 12.2. The van der Waals surface area contributed by atoms with Gasteiger partial charge in [-0.25, -0.2) is 0 Å². The number of carbonyl (C=O) groups excluding carboxylic acids is 2. The topological polar surface area (TPSA) is 49.4 Å². The maximum Gasteiger partial charge on any atom is 0.251 e. The third-order valence-corrected chi connectivity index (χ3v) is 4.80. The van der Waals surface area contributed by atoms with E-state index in [4.69, 9.17) is 0 Å². The Hall–Kier alpha value is -1.84. The highest BCUT2D eigenvalue weighted by Gasteiger charge is 2.12. The molecule has 0 aromatic heterocycles. The van der Waals surface area contributed by atoms with E-state index in [-0.39, 0.29) is 18.4 Å². The van der Waals surface area contributed by atoms with Crippen molar-refractivity contribution < 1.29 is 9.59 Å². The minimum atomic E-state index is -0.193. The van der Waals surface area contributed by atoms with Crippen LogP contribution in [-0.4, -0.2) is 36.3 Å². The number of benzene rings is 1. The molecule has 26 heavy (non-hydrogen) atoms. The van der Waals surface area contributed by atoms with E-state index in [1.165, 1.54) is 24.8 Å². The van der Waals surface area contributed by atoms with Crippen LogP contribution in [0.3, 0.4) is 0 Å². The molecule has 4 heteroatoms. The van der Waals surface area contributed by atoms with Gasteiger partial charge in [0.25, 0.3) is 5.91 Å². The average molecular weight is 361 g/mol. The number of hydrogen-bond donors (Lipinski definition) is 1. The van der Waals surface area contributed by atoms with E-state index in [1.54, 1.807) is 4.90 Å². The van der Waals surface area contributed by atoms with E-state index in [0.29, 0.717) is 24.6 Å². The molecule has 0 saturated carbocycles. The van der Waals surface area contributed by atoms with Gasteiger partial charge in [0, 0.05) is 18.7 Å². The van der Waals surface area contributed by atoms with Crippen molar-refractivity contribution in [2.45, 2.75) is 60.3 Å². The Balaban J connectivity index is 2.45. The zero-order valence-corrected chi connectivity index (χ0v) is 17.2. The molecule has 0 aliphatic rings. The SMILES string of the molecule is CCN(CC)C(=O)CNC(=O)c1ccc(CC(C)CCCC(C)C)cc1. The molecule has 2 amide bonds. The van der Waals surface area contributed by atoms with Crippen molar-refractivity contribution in [1.29, 1.82) is 0 Å². The lowest BCUT2D eigenvalue weighted by molar-refractivity contribution is -0.129. The Morgan fingerprint density at radius 1 is 1.00 bits per heavy atom. The standard InChI is InChI=1S/C22H36N2O2/c1-6-24(7-2)21(25)16-23-22(26)20-13-11-19(12-14-20)15-18(5)10-8-9-17(3)4/h11-14,17-18H,6-10,15-16H2,1-5H3,(H,23,26). The first kappa shape index (κ1) is 22.2. The minimum absolute atomic E-state index is 0.0461. The smallest absolute Gasteiger partial charge is 0.251 e. The summed E-state index contributed by atoms with van der Waals surface area (Å²) in [5.41, 5.74) is 1.87. The monoisotopic (exact) mass is 360 g/mol. The van der Waals surface area contributed by atoms with Crippen molar-refractivity contribution in [2.24, 2.45) is 11.8 Å². The van der Waals surface area contributed by atoms with E-state index in [1.807, 2.05) is 38.1 Å². The van der Waals surface area contributed by atoms with Crippen LogP contribution >= 0.6 is 0 Å². The number of carbonyl (C=O) groups is 2. The zero-order valence-electron chi connectivity index (χ0n) is 17.2. The van der Waals surface area contributed by atoms with Gasteiger partial charge in [-0.1, -0.05) is 52.2 Å². The van der Waals surface area contributed by atoms with Crippen LogP contribution in [0.25, 0.3) is 0 Å². The quantitative estimate of drug-likeness (QED) is 0.640. The number of rotatable bonds is 11. The largest absolute Gasteiger partial charge is 0.343 e. The summed E-state index contributed by atoms with van der Waals surface area (Å²) in [6, 6.07) is 7.76. The lowest BCUT2D eigenvalue weighted by Crippen LogP contribution is -2.39. The van der Waals surface area contributed by atoms with Crippen molar-refractivity contribution in [3.05, 3.63) is 35.4 Å². The second-order valence-corrected chi connectivity index (χ2v) is 7.58. The predicted molar refractivity (Wildman–Crippen MR) is 108 cm³/mol. The normalized spacial score (nSPS) is 12.1. The molecule has 0 radical (unpaired) electrons. The highest BCUT2D eigenvalue weighted by atomic mass is 16.2. The molecule has 0 spiro atoms. The Morgan fingerprint density at radius 2 is 1.62 bits per heavy atom. The third-order valence-electron chi connectivity index (χ3n) is 4.80. The van der Waals surface area contributed by atoms with Gasteiger partial charge in [0.15, 0.2) is 0 Å². The van der Waals surface area contributed by atoms with Gasteiger partial charge >= 0.3 is 0 Å². The van der Waals surface area contributed by atoms with Crippen LogP contribution in [0.5, 0.6) is 0 Å². The zero-order chi connectivity index (χ0) is 19.5. The van der Waals surface area contributed by atoms with Gasteiger partial charge in [0.1, 0.15) is 0 Å². The molecule has 1 unspecified atom stereocenters. The van der Waals surface area contributed by atoms with Gasteiger partial charge in [0.2, 0.25) is 5.91 Å². The Bertz CT molecular complexity index is 548. The maximum absolute atomic E-state index is 12.2. The molecule has 1 N–H and O–H groups in total. The van der Waals surface area contributed by atoms with Crippen LogP contribution < -0.4 is 5.32 Å². The molecule has 0 aliphatic carbocycles. The summed E-state index contributed by atoms with van der Waals surface area (Å²) in [7, 11) is 0. The molecule has 146 valence electrons. The van der Waals surface area contributed by atoms with E-state index in [2.05, 4.69) is 26.1 Å². The molecule has 0 aliphatic heterocycles. The van der Waals surface area contributed by atoms with Crippen LogP contribution in [0.2, 0.25) is 0 Å². The highest BCUT2D eigenvalue weighted by molar-refractivity contribution is 5.96. The molecule has 4 nitrogen and oxygen atoms in total. The Labute approximate surface area is 159 Å². The second kappa shape index (κ2) is 11.7. The number of nitrogens with zero attached hydrogens (tertiary/aromatic N) is 1. The number of hydrogen-bond acceptors (Lipinski definition) is 2. The van der Waals surface area contributed by atoms with Crippen molar-refractivity contribution >= 4 is 11.8 Å². The fourth-order valence-electron chi connectivity index (χ4n) is 3.12. The summed E-state index contributed by atoms with van der Waals surface area (Å²) in [6.45, 7) is 12.1. The summed E-state index contributed by atoms with van der Waals surface area (Å²) in [5.74, 6) is 1.19. The van der Waals surface area contributed by atoms with Gasteiger partial charge in [-0.3, -0.25) is 9.59 Å². The highest BCUT2D eigenvalue weighted by Crippen LogP contribution is 2.17. The first-order valence-corrected chi connectivity index (χ1v) is 10.0. The first-order chi connectivity index (χ1) is 12.4. The lowest BCUT2D eigenvalue weighted by Gasteiger charge is -2.18. The third kappa shape index (κ3) is 8.03. The fourth-order valence-corrected chi connectivity index (χ4v) is 3.12. The van der Waals surface area contributed by atoms with Crippen molar-refractivity contribution in [3.63, 3.8) is 0 Å². The van der Waals surface area contributed by atoms with Gasteiger partial charge in [-0.15, -0.1) is 0 Å². The van der Waals surface area contributed by atoms with Crippen molar-refractivity contribution in [2.75, 3.05) is 19.6 Å². The summed E-state index contributed by atoms with van der Waals surface area (Å²) in [4.78, 5) is 25.9. The van der Waals surface area contributed by atoms with Crippen LogP contribution in [0, 0.1) is 11.8 Å². The first-order valence-electron chi connectivity index (χ1n) is 10.0. The van der Waals surface area contributed by atoms with E-state index in [0.717, 1.165) is 12.3 Å². The Kier molecular flexibility index (Phi) is 10.0. The molecule has 1 atom stereocenters. The molecule has 0 fully saturated rings. The average Bonchev–Trinajstić information content (AvgIpc) is 2.61. The van der Waals surface area contributed by atoms with Crippen LogP contribution in [0.4, 0.5) is 0 Å². The van der Waals surface area contributed by atoms with Gasteiger partial charge in [0.05, 0.1) is 6.54 Å². The summed E-state index contributed by atoms with van der Waals surface area (Å²) >= 11 is 0. The summed E-state index contributed by atoms with van der Waals surface area (Å²) in [6.07, 6.45) is 4.85. The number of nitrogens with one attached hydrogen (secondary N) is 1. The van der Waals surface area contributed by atoms with E-state index >= 15 is 0 Å². The van der Waals surface area contributed by atoms with E-state index < -0.39 is 0 Å². The molecule has 1 aromatic rings. The molecular formula is C22H36N2O2. The molecule has 0 bridgehead atoms. The van der Waals surface area contributed by atoms with Gasteiger partial charge in [-0.05, 0) is 49.8 Å². The van der Waals surface area contributed by atoms with Crippen molar-refractivity contribution in [3.8, 4) is 0 Å². The minimum Gasteiger partial charge on any atom is -0.343 e. The Morgan fingerprint density at radius 3 is 2.15 bits per heavy atom. The molecule has 1 rings (SSSR count). The fraction of sp³-hybridized carbons (Fsp3) is 0.636. The molecule has 0 saturated heterocycles. The second-order valence-electron chi connectivity index (χ2n) is 7.58. The molecular weight excluding hydrogens is 324 g/mol. The lowest BCUT2D eigenvalue weighted by atomic mass is 9.93. The van der Waals surface area contributed by atoms with Crippen LogP contribution in [-0.2, 0) is 11.2 Å². The van der Waals surface area contributed by atoms with E-state index in [9.17, 15) is 9.59 Å². The predicted octanol–water partition coefficient (Wildman–Crippen LogP) is 4.29. The summed E-state index contributed by atoms with van der Waals surface area (Å²) in [5, 5.41) is 2.72. The van der Waals surface area contributed by atoms with Gasteiger partial charge in [-0.2, -0.15) is 0 Å².